The molecule has 0 saturated carbocycles. The monoisotopic (exact) mass is 507 g/mol. The Bertz CT molecular complexity index is 1320. The highest BCUT2D eigenvalue weighted by atomic mass is 16.5. The maximum absolute atomic E-state index is 12.8. The number of hydrogen-bond acceptors (Lipinski definition) is 5. The van der Waals surface area contributed by atoms with E-state index in [1.807, 2.05) is 91.0 Å². The van der Waals surface area contributed by atoms with Crippen LogP contribution >= 0.6 is 0 Å². The van der Waals surface area contributed by atoms with Crippen molar-refractivity contribution in [3.8, 4) is 11.5 Å². The van der Waals surface area contributed by atoms with Crippen LogP contribution in [0.3, 0.4) is 0 Å². The van der Waals surface area contributed by atoms with Gasteiger partial charge in [0.25, 0.3) is 5.91 Å². The van der Waals surface area contributed by atoms with E-state index < -0.39 is 0 Å². The number of rotatable bonds is 9. The van der Waals surface area contributed by atoms with Gasteiger partial charge < -0.3 is 19.7 Å². The van der Waals surface area contributed by atoms with E-state index in [9.17, 15) is 4.79 Å². The minimum Gasteiger partial charge on any atom is -0.495 e. The summed E-state index contributed by atoms with van der Waals surface area (Å²) in [6.07, 6.45) is 0. The van der Waals surface area contributed by atoms with Crippen molar-refractivity contribution in [2.45, 2.75) is 13.2 Å². The Balaban J connectivity index is 1.09. The fourth-order valence-corrected chi connectivity index (χ4v) is 4.64. The zero-order chi connectivity index (χ0) is 26.2. The van der Waals surface area contributed by atoms with E-state index in [2.05, 4.69) is 27.2 Å². The van der Waals surface area contributed by atoms with Crippen molar-refractivity contribution in [2.75, 3.05) is 43.5 Å². The Morgan fingerprint density at radius 2 is 1.45 bits per heavy atom. The number of amides is 1. The first kappa shape index (κ1) is 25.4. The quantitative estimate of drug-likeness (QED) is 0.308. The third-order valence-electron chi connectivity index (χ3n) is 6.78. The van der Waals surface area contributed by atoms with Gasteiger partial charge in [-0.25, -0.2) is 0 Å². The molecule has 1 amide bonds. The molecule has 1 N–H and O–H groups in total. The van der Waals surface area contributed by atoms with Crippen molar-refractivity contribution in [2.24, 2.45) is 0 Å². The summed E-state index contributed by atoms with van der Waals surface area (Å²) in [5.41, 5.74) is 4.84. The fourth-order valence-electron chi connectivity index (χ4n) is 4.64. The maximum Gasteiger partial charge on any atom is 0.255 e. The molecule has 6 heteroatoms. The average molecular weight is 508 g/mol. The summed E-state index contributed by atoms with van der Waals surface area (Å²) >= 11 is 0. The van der Waals surface area contributed by atoms with Gasteiger partial charge in [0.1, 0.15) is 18.1 Å². The number of nitrogens with zero attached hydrogens (tertiary/aromatic N) is 2. The number of carbonyl (C=O) groups is 1. The predicted octanol–water partition coefficient (Wildman–Crippen LogP) is 5.85. The highest BCUT2D eigenvalue weighted by Gasteiger charge is 2.19. The predicted molar refractivity (Wildman–Crippen MR) is 152 cm³/mol. The Hall–Kier alpha value is -4.29. The molecule has 1 saturated heterocycles. The largest absolute Gasteiger partial charge is 0.495 e. The van der Waals surface area contributed by atoms with Gasteiger partial charge in [-0.15, -0.1) is 0 Å². The van der Waals surface area contributed by atoms with E-state index in [0.29, 0.717) is 12.2 Å². The van der Waals surface area contributed by atoms with Crippen LogP contribution in [0.25, 0.3) is 0 Å². The highest BCUT2D eigenvalue weighted by Crippen LogP contribution is 2.28. The average Bonchev–Trinajstić information content (AvgIpc) is 2.98. The van der Waals surface area contributed by atoms with Crippen molar-refractivity contribution in [1.29, 1.82) is 0 Å². The van der Waals surface area contributed by atoms with Crippen LogP contribution in [0.4, 0.5) is 11.4 Å². The van der Waals surface area contributed by atoms with Crippen molar-refractivity contribution < 1.29 is 14.3 Å². The lowest BCUT2D eigenvalue weighted by Crippen LogP contribution is -2.46. The van der Waals surface area contributed by atoms with Gasteiger partial charge in [0, 0.05) is 44.0 Å². The first-order valence-electron chi connectivity index (χ1n) is 13.0. The Kier molecular flexibility index (Phi) is 8.21. The summed E-state index contributed by atoms with van der Waals surface area (Å²) < 4.78 is 11.4. The molecule has 4 aromatic carbocycles. The molecule has 1 fully saturated rings. The molecular formula is C32H33N3O3. The molecule has 0 unspecified atom stereocenters. The first-order valence-corrected chi connectivity index (χ1v) is 13.0. The molecule has 1 aliphatic heterocycles. The van der Waals surface area contributed by atoms with Crippen molar-refractivity contribution >= 4 is 17.3 Å². The van der Waals surface area contributed by atoms with Crippen molar-refractivity contribution in [3.05, 3.63) is 120 Å². The Labute approximate surface area is 224 Å². The second-order valence-corrected chi connectivity index (χ2v) is 9.38. The van der Waals surface area contributed by atoms with Gasteiger partial charge in [0.15, 0.2) is 0 Å². The minimum absolute atomic E-state index is 0.125. The van der Waals surface area contributed by atoms with E-state index in [1.54, 1.807) is 7.11 Å². The molecule has 6 nitrogen and oxygen atoms in total. The number of hydrogen-bond donors (Lipinski definition) is 1. The summed E-state index contributed by atoms with van der Waals surface area (Å²) in [7, 11) is 1.72. The Morgan fingerprint density at radius 3 is 2.16 bits per heavy atom. The molecule has 0 bridgehead atoms. The van der Waals surface area contributed by atoms with Gasteiger partial charge in [-0.2, -0.15) is 0 Å². The molecule has 0 aromatic heterocycles. The number of piperazine rings is 1. The molecule has 194 valence electrons. The van der Waals surface area contributed by atoms with E-state index in [0.717, 1.165) is 61.2 Å². The molecule has 5 rings (SSSR count). The second-order valence-electron chi connectivity index (χ2n) is 9.38. The fraction of sp³-hybridized carbons (Fsp3) is 0.219. The van der Waals surface area contributed by atoms with Gasteiger partial charge in [0.2, 0.25) is 0 Å². The summed E-state index contributed by atoms with van der Waals surface area (Å²) in [6, 6.07) is 33.6. The van der Waals surface area contributed by atoms with E-state index in [-0.39, 0.29) is 5.91 Å². The number of para-hydroxylation sites is 2. The van der Waals surface area contributed by atoms with Gasteiger partial charge in [-0.1, -0.05) is 54.6 Å². The molecule has 38 heavy (non-hydrogen) atoms. The van der Waals surface area contributed by atoms with Crippen LogP contribution in [-0.4, -0.2) is 44.1 Å². The van der Waals surface area contributed by atoms with Gasteiger partial charge >= 0.3 is 0 Å². The minimum atomic E-state index is -0.125. The smallest absolute Gasteiger partial charge is 0.255 e. The van der Waals surface area contributed by atoms with E-state index in [4.69, 9.17) is 9.47 Å². The van der Waals surface area contributed by atoms with Crippen molar-refractivity contribution in [1.82, 2.24) is 4.90 Å². The van der Waals surface area contributed by atoms with Crippen molar-refractivity contribution in [3.63, 3.8) is 0 Å². The summed E-state index contributed by atoms with van der Waals surface area (Å²) in [6.45, 7) is 5.24. The zero-order valence-corrected chi connectivity index (χ0v) is 21.7. The molecule has 1 heterocycles. The topological polar surface area (TPSA) is 54.0 Å². The van der Waals surface area contributed by atoms with Crippen LogP contribution < -0.4 is 19.7 Å². The number of carbonyl (C=O) groups excluding carboxylic acids is 1. The molecule has 0 radical (unpaired) electrons. The van der Waals surface area contributed by atoms with Gasteiger partial charge in [-0.05, 0) is 59.7 Å². The number of methoxy groups -OCH3 is 1. The molecule has 0 aliphatic carbocycles. The molecule has 1 aliphatic rings. The lowest BCUT2D eigenvalue weighted by molar-refractivity contribution is 0.102. The van der Waals surface area contributed by atoms with Crippen LogP contribution in [0.1, 0.15) is 21.5 Å². The summed E-state index contributed by atoms with van der Waals surface area (Å²) in [5, 5.41) is 2.97. The molecule has 4 aromatic rings. The van der Waals surface area contributed by atoms with Crippen LogP contribution in [-0.2, 0) is 13.2 Å². The third-order valence-corrected chi connectivity index (χ3v) is 6.78. The van der Waals surface area contributed by atoms with Crippen LogP contribution in [0.15, 0.2) is 103 Å². The number of nitrogens with one attached hydrogen (secondary N) is 1. The van der Waals surface area contributed by atoms with Gasteiger partial charge in [0.05, 0.1) is 12.8 Å². The molecule has 0 atom stereocenters. The number of ether oxygens (including phenoxy) is 2. The zero-order valence-electron chi connectivity index (χ0n) is 21.7. The second kappa shape index (κ2) is 12.3. The summed E-state index contributed by atoms with van der Waals surface area (Å²) in [5.74, 6) is 1.56. The number of benzene rings is 4. The summed E-state index contributed by atoms with van der Waals surface area (Å²) in [4.78, 5) is 17.6. The highest BCUT2D eigenvalue weighted by molar-refractivity contribution is 6.04. The van der Waals surface area contributed by atoms with E-state index >= 15 is 0 Å². The van der Waals surface area contributed by atoms with Gasteiger partial charge in [-0.3, -0.25) is 9.69 Å². The normalized spacial score (nSPS) is 13.7. The molecular weight excluding hydrogens is 474 g/mol. The third kappa shape index (κ3) is 6.52. The van der Waals surface area contributed by atoms with Crippen LogP contribution in [0.5, 0.6) is 11.5 Å². The maximum atomic E-state index is 12.8. The van der Waals surface area contributed by atoms with Crippen LogP contribution in [0.2, 0.25) is 0 Å². The standard InChI is InChI=1S/C32H33N3O3/c1-37-31-10-6-5-9-30(31)35-21-19-34(20-22-35)23-25-11-13-27(14-12-25)32(36)33-28-15-17-29(18-16-28)38-24-26-7-3-2-4-8-26/h2-18H,19-24H2,1H3,(H,33,36). The number of anilines is 2. The van der Waals surface area contributed by atoms with Crippen LogP contribution in [0, 0.1) is 0 Å². The molecule has 0 spiro atoms. The lowest BCUT2D eigenvalue weighted by Gasteiger charge is -2.36. The first-order chi connectivity index (χ1) is 18.7. The lowest BCUT2D eigenvalue weighted by atomic mass is 10.1. The Morgan fingerprint density at radius 1 is 0.763 bits per heavy atom. The SMILES string of the molecule is COc1ccccc1N1CCN(Cc2ccc(C(=O)Nc3ccc(OCc4ccccc4)cc3)cc2)CC1. The van der Waals surface area contributed by atoms with E-state index in [1.165, 1.54) is 5.56 Å².